The van der Waals surface area contributed by atoms with Crippen LogP contribution in [0.15, 0.2) is 60.4 Å². The molecule has 1 fully saturated rings. The number of carbonyl (C=O) groups is 2. The number of hydrogen-bond donors (Lipinski definition) is 1. The molecule has 0 radical (unpaired) electrons. The number of amides is 1. The Hall–Kier alpha value is -3.65. The third-order valence-electron chi connectivity index (χ3n) is 5.08. The van der Waals surface area contributed by atoms with Gasteiger partial charge < -0.3 is 19.3 Å². The van der Waals surface area contributed by atoms with Crippen LogP contribution in [0.1, 0.15) is 12.5 Å². The number of carboxylic acid groups (broad SMARTS) is 1. The van der Waals surface area contributed by atoms with Gasteiger partial charge in [-0.15, -0.1) is 0 Å². The molecule has 2 aromatic carbocycles. The number of ether oxygens (including phenoxy) is 1. The van der Waals surface area contributed by atoms with Gasteiger partial charge in [0.2, 0.25) is 0 Å². The van der Waals surface area contributed by atoms with Gasteiger partial charge in [0.25, 0.3) is 5.91 Å². The average Bonchev–Trinajstić information content (AvgIpc) is 3.19. The van der Waals surface area contributed by atoms with E-state index in [0.29, 0.717) is 23.1 Å². The maximum absolute atomic E-state index is 13.3. The Bertz CT molecular complexity index is 1210. The van der Waals surface area contributed by atoms with E-state index in [2.05, 4.69) is 0 Å². The number of carbonyl (C=O) groups excluding carboxylic acids is 1. The molecule has 0 unspecified atom stereocenters. The van der Waals surface area contributed by atoms with Crippen LogP contribution in [0.5, 0.6) is 5.75 Å². The van der Waals surface area contributed by atoms with Gasteiger partial charge in [-0.1, -0.05) is 18.2 Å². The second-order valence-electron chi connectivity index (χ2n) is 7.06. The Morgan fingerprint density at radius 1 is 1.16 bits per heavy atom. The highest BCUT2D eigenvalue weighted by atomic mass is 32.1. The first-order chi connectivity index (χ1) is 14.9. The average molecular weight is 436 g/mol. The predicted molar refractivity (Wildman–Crippen MR) is 123 cm³/mol. The minimum Gasteiger partial charge on any atom is -0.494 e. The van der Waals surface area contributed by atoms with Crippen molar-refractivity contribution in [3.8, 4) is 5.75 Å². The minimum atomic E-state index is -0.933. The number of likely N-dealkylation sites (N-methyl/N-ethyl adjacent to an activating group) is 1. The first-order valence-corrected chi connectivity index (χ1v) is 10.2. The van der Waals surface area contributed by atoms with Gasteiger partial charge in [0, 0.05) is 29.7 Å². The second-order valence-corrected chi connectivity index (χ2v) is 7.43. The summed E-state index contributed by atoms with van der Waals surface area (Å²) in [7, 11) is 1.75. The molecular formula is C23H21N3O4S. The van der Waals surface area contributed by atoms with Crippen molar-refractivity contribution in [2.75, 3.05) is 18.6 Å². The molecule has 31 heavy (non-hydrogen) atoms. The fourth-order valence-electron chi connectivity index (χ4n) is 3.66. The molecule has 2 heterocycles. The van der Waals surface area contributed by atoms with E-state index in [9.17, 15) is 14.7 Å². The highest BCUT2D eigenvalue weighted by Gasteiger charge is 2.37. The molecule has 7 nitrogen and oxygen atoms in total. The lowest BCUT2D eigenvalue weighted by Crippen LogP contribution is -2.31. The van der Waals surface area contributed by atoms with E-state index in [4.69, 9.17) is 17.0 Å². The van der Waals surface area contributed by atoms with Gasteiger partial charge in [0.1, 0.15) is 18.0 Å². The lowest BCUT2D eigenvalue weighted by Gasteiger charge is -2.16. The number of aliphatic carboxylic acids is 1. The summed E-state index contributed by atoms with van der Waals surface area (Å²) >= 11 is 5.53. The zero-order valence-corrected chi connectivity index (χ0v) is 17.9. The highest BCUT2D eigenvalue weighted by Crippen LogP contribution is 2.31. The number of anilines is 1. The molecule has 3 aromatic rings. The van der Waals surface area contributed by atoms with Crippen molar-refractivity contribution in [1.29, 1.82) is 0 Å². The fourth-order valence-corrected chi connectivity index (χ4v) is 3.94. The summed E-state index contributed by atoms with van der Waals surface area (Å²) in [5, 5.41) is 10.5. The number of fused-ring (bicyclic) bond motifs is 1. The molecular weight excluding hydrogens is 414 g/mol. The number of benzene rings is 2. The van der Waals surface area contributed by atoms with Gasteiger partial charge in [-0.3, -0.25) is 14.5 Å². The standard InChI is InChI=1S/C23H21N3O4S/c1-3-30-17-10-8-16(9-11-17)26-22(29)20(24(2)23(26)31)12-15-13-25(14-21(27)28)19-7-5-4-6-18(15)19/h4-13H,3,14H2,1-2H3,(H,27,28)/b20-12-. The van der Waals surface area contributed by atoms with Crippen LogP contribution in [-0.2, 0) is 16.1 Å². The summed E-state index contributed by atoms with van der Waals surface area (Å²) < 4.78 is 7.13. The van der Waals surface area contributed by atoms with E-state index in [0.717, 1.165) is 22.2 Å². The molecule has 1 saturated heterocycles. The Morgan fingerprint density at radius 3 is 2.55 bits per heavy atom. The number of rotatable bonds is 6. The molecule has 1 aliphatic rings. The largest absolute Gasteiger partial charge is 0.494 e. The van der Waals surface area contributed by atoms with Crippen molar-refractivity contribution in [1.82, 2.24) is 9.47 Å². The number of para-hydroxylation sites is 1. The quantitative estimate of drug-likeness (QED) is 0.470. The van der Waals surface area contributed by atoms with Crippen molar-refractivity contribution in [3.05, 3.63) is 66.0 Å². The third kappa shape index (κ3) is 3.77. The minimum absolute atomic E-state index is 0.163. The topological polar surface area (TPSA) is 75.0 Å². The van der Waals surface area contributed by atoms with Crippen LogP contribution in [0.3, 0.4) is 0 Å². The van der Waals surface area contributed by atoms with Crippen LogP contribution >= 0.6 is 12.2 Å². The summed E-state index contributed by atoms with van der Waals surface area (Å²) in [5.41, 5.74) is 2.61. The van der Waals surface area contributed by atoms with E-state index < -0.39 is 5.97 Å². The highest BCUT2D eigenvalue weighted by molar-refractivity contribution is 7.80. The smallest absolute Gasteiger partial charge is 0.323 e. The van der Waals surface area contributed by atoms with Crippen LogP contribution in [0.25, 0.3) is 17.0 Å². The van der Waals surface area contributed by atoms with Crippen molar-refractivity contribution < 1.29 is 19.4 Å². The molecule has 0 bridgehead atoms. The van der Waals surface area contributed by atoms with Gasteiger partial charge in [-0.05, 0) is 55.5 Å². The van der Waals surface area contributed by atoms with Crippen molar-refractivity contribution >= 4 is 51.9 Å². The van der Waals surface area contributed by atoms with Crippen LogP contribution in [-0.4, -0.2) is 45.2 Å². The summed E-state index contributed by atoms with van der Waals surface area (Å²) in [5.74, 6) is -0.456. The number of nitrogens with zero attached hydrogens (tertiary/aromatic N) is 3. The third-order valence-corrected chi connectivity index (χ3v) is 5.54. The zero-order chi connectivity index (χ0) is 22.1. The molecule has 158 valence electrons. The van der Waals surface area contributed by atoms with Crippen molar-refractivity contribution in [2.24, 2.45) is 0 Å². The van der Waals surface area contributed by atoms with Gasteiger partial charge in [-0.2, -0.15) is 0 Å². The first kappa shape index (κ1) is 20.6. The van der Waals surface area contributed by atoms with E-state index in [1.807, 2.05) is 31.2 Å². The Labute approximate surface area is 184 Å². The number of carboxylic acids is 1. The fraction of sp³-hybridized carbons (Fsp3) is 0.174. The van der Waals surface area contributed by atoms with Gasteiger partial charge in [0.15, 0.2) is 5.11 Å². The van der Waals surface area contributed by atoms with Gasteiger partial charge in [-0.25, -0.2) is 0 Å². The summed E-state index contributed by atoms with van der Waals surface area (Å²) in [6.45, 7) is 2.31. The van der Waals surface area contributed by atoms with Gasteiger partial charge in [0.05, 0.1) is 12.3 Å². The molecule has 1 aliphatic heterocycles. The normalized spacial score (nSPS) is 15.4. The molecule has 0 saturated carbocycles. The number of aromatic nitrogens is 1. The molecule has 0 aliphatic carbocycles. The zero-order valence-electron chi connectivity index (χ0n) is 17.1. The van der Waals surface area contributed by atoms with E-state index in [-0.39, 0.29) is 12.5 Å². The maximum atomic E-state index is 13.3. The molecule has 1 N–H and O–H groups in total. The molecule has 0 atom stereocenters. The van der Waals surface area contributed by atoms with E-state index in [1.54, 1.807) is 53.1 Å². The number of thiocarbonyl (C=S) groups is 1. The molecule has 1 amide bonds. The first-order valence-electron chi connectivity index (χ1n) is 9.77. The lowest BCUT2D eigenvalue weighted by molar-refractivity contribution is -0.137. The monoisotopic (exact) mass is 435 g/mol. The van der Waals surface area contributed by atoms with Crippen LogP contribution in [0.4, 0.5) is 5.69 Å². The summed E-state index contributed by atoms with van der Waals surface area (Å²) in [6, 6.07) is 14.7. The van der Waals surface area contributed by atoms with Crippen molar-refractivity contribution in [3.63, 3.8) is 0 Å². The summed E-state index contributed by atoms with van der Waals surface area (Å²) in [6.07, 6.45) is 3.50. The molecule has 4 rings (SSSR count). The van der Waals surface area contributed by atoms with E-state index in [1.165, 1.54) is 4.90 Å². The molecule has 0 spiro atoms. The summed E-state index contributed by atoms with van der Waals surface area (Å²) in [4.78, 5) is 27.6. The Kier molecular flexibility index (Phi) is 5.48. The van der Waals surface area contributed by atoms with Gasteiger partial charge >= 0.3 is 5.97 Å². The Morgan fingerprint density at radius 2 is 1.87 bits per heavy atom. The Balaban J connectivity index is 1.73. The lowest BCUT2D eigenvalue weighted by atomic mass is 10.1. The van der Waals surface area contributed by atoms with Crippen LogP contribution < -0.4 is 9.64 Å². The SMILES string of the molecule is CCOc1ccc(N2C(=O)/C(=C/c3cn(CC(=O)O)c4ccccc34)N(C)C2=S)cc1. The number of hydrogen-bond acceptors (Lipinski definition) is 4. The van der Waals surface area contributed by atoms with Crippen LogP contribution in [0, 0.1) is 0 Å². The van der Waals surface area contributed by atoms with E-state index >= 15 is 0 Å². The van der Waals surface area contributed by atoms with Crippen LogP contribution in [0.2, 0.25) is 0 Å². The maximum Gasteiger partial charge on any atom is 0.323 e. The predicted octanol–water partition coefficient (Wildman–Crippen LogP) is 3.73. The second kappa shape index (κ2) is 8.23. The molecule has 8 heteroatoms. The van der Waals surface area contributed by atoms with Crippen molar-refractivity contribution in [2.45, 2.75) is 13.5 Å². The molecule has 1 aromatic heterocycles.